The van der Waals surface area contributed by atoms with Crippen LogP contribution in [0.25, 0.3) is 10.6 Å². The van der Waals surface area contributed by atoms with Crippen LogP contribution < -0.4 is 10.6 Å². The molecular weight excluding hydrogens is 365 g/mol. The molecule has 0 radical (unpaired) electrons. The molecule has 0 saturated heterocycles. The molecule has 0 atom stereocenters. The van der Waals surface area contributed by atoms with Crippen LogP contribution in [0, 0.1) is 5.82 Å². The number of nitrogens with zero attached hydrogens (tertiary/aromatic N) is 1. The predicted molar refractivity (Wildman–Crippen MR) is 104 cm³/mol. The number of nitrogens with one attached hydrogen (secondary N) is 2. The molecule has 0 saturated carbocycles. The average Bonchev–Trinajstić information content (AvgIpc) is 3.13. The zero-order valence-electron chi connectivity index (χ0n) is 14.7. The van der Waals surface area contributed by atoms with E-state index in [1.54, 1.807) is 23.6 Å². The van der Waals surface area contributed by atoms with Crippen molar-refractivity contribution in [1.82, 2.24) is 10.3 Å². The van der Waals surface area contributed by atoms with Gasteiger partial charge in [0.1, 0.15) is 16.5 Å². The van der Waals surface area contributed by atoms with Gasteiger partial charge in [0.2, 0.25) is 5.91 Å². The van der Waals surface area contributed by atoms with Crippen LogP contribution in [0.15, 0.2) is 53.9 Å². The monoisotopic (exact) mass is 383 g/mol. The molecule has 2 amide bonds. The zero-order valence-corrected chi connectivity index (χ0v) is 15.5. The second kappa shape index (κ2) is 8.55. The third-order valence-electron chi connectivity index (χ3n) is 3.81. The lowest BCUT2D eigenvalue weighted by Crippen LogP contribution is -2.25. The molecule has 27 heavy (non-hydrogen) atoms. The van der Waals surface area contributed by atoms with Gasteiger partial charge in [-0.2, -0.15) is 0 Å². The van der Waals surface area contributed by atoms with E-state index in [4.69, 9.17) is 0 Å². The van der Waals surface area contributed by atoms with Crippen LogP contribution in [0.5, 0.6) is 0 Å². The lowest BCUT2D eigenvalue weighted by Gasteiger charge is -2.06. The van der Waals surface area contributed by atoms with Gasteiger partial charge in [-0.25, -0.2) is 9.37 Å². The second-order valence-electron chi connectivity index (χ2n) is 5.90. The van der Waals surface area contributed by atoms with Gasteiger partial charge < -0.3 is 10.6 Å². The number of carbonyl (C=O) groups excluding carboxylic acids is 2. The molecule has 0 unspecified atom stereocenters. The van der Waals surface area contributed by atoms with E-state index in [1.807, 2.05) is 24.3 Å². The molecule has 0 fully saturated rings. The van der Waals surface area contributed by atoms with Gasteiger partial charge in [-0.3, -0.25) is 9.59 Å². The summed E-state index contributed by atoms with van der Waals surface area (Å²) in [6, 6.07) is 13.8. The first-order valence-electron chi connectivity index (χ1n) is 8.38. The molecule has 0 spiro atoms. The minimum atomic E-state index is -0.360. The highest BCUT2D eigenvalue weighted by molar-refractivity contribution is 7.13. The average molecular weight is 383 g/mol. The smallest absolute Gasteiger partial charge is 0.270 e. The molecule has 2 N–H and O–H groups in total. The Balaban J connectivity index is 1.54. The van der Waals surface area contributed by atoms with E-state index in [0.29, 0.717) is 23.5 Å². The third kappa shape index (κ3) is 4.98. The molecule has 0 aliphatic carbocycles. The Kier molecular flexibility index (Phi) is 5.93. The number of thiazole rings is 1. The Morgan fingerprint density at radius 1 is 1.11 bits per heavy atom. The van der Waals surface area contributed by atoms with Gasteiger partial charge in [0, 0.05) is 30.1 Å². The van der Waals surface area contributed by atoms with E-state index in [0.717, 1.165) is 11.3 Å². The fourth-order valence-electron chi connectivity index (χ4n) is 2.51. The van der Waals surface area contributed by atoms with Crippen LogP contribution in [0.2, 0.25) is 0 Å². The molecule has 0 aliphatic rings. The van der Waals surface area contributed by atoms with Gasteiger partial charge in [-0.15, -0.1) is 11.3 Å². The maximum atomic E-state index is 13.8. The molecule has 7 heteroatoms. The fourth-order valence-corrected chi connectivity index (χ4v) is 3.33. The standard InChI is InChI=1S/C20H18FN3O2S/c1-13(25)23-15-8-6-14(7-9-15)10-11-22-19(26)18-12-27-20(24-18)16-4-2-3-5-17(16)21/h2-9,12H,10-11H2,1H3,(H,22,26)(H,23,25). The maximum Gasteiger partial charge on any atom is 0.270 e. The molecule has 0 bridgehead atoms. The van der Waals surface area contributed by atoms with Crippen LogP contribution in [0.3, 0.4) is 0 Å². The first-order chi connectivity index (χ1) is 13.0. The van der Waals surface area contributed by atoms with Crippen LogP contribution in [-0.4, -0.2) is 23.3 Å². The minimum absolute atomic E-state index is 0.118. The van der Waals surface area contributed by atoms with Crippen molar-refractivity contribution in [3.63, 3.8) is 0 Å². The van der Waals surface area contributed by atoms with Crippen LogP contribution in [0.4, 0.5) is 10.1 Å². The number of anilines is 1. The number of amides is 2. The van der Waals surface area contributed by atoms with E-state index >= 15 is 0 Å². The van der Waals surface area contributed by atoms with E-state index < -0.39 is 0 Å². The summed E-state index contributed by atoms with van der Waals surface area (Å²) in [7, 11) is 0. The molecule has 0 aliphatic heterocycles. The van der Waals surface area contributed by atoms with Crippen molar-refractivity contribution in [2.45, 2.75) is 13.3 Å². The summed E-state index contributed by atoms with van der Waals surface area (Å²) in [5, 5.41) is 7.62. The predicted octanol–water partition coefficient (Wildman–Crippen LogP) is 3.88. The van der Waals surface area contributed by atoms with Gasteiger partial charge in [0.15, 0.2) is 0 Å². The Morgan fingerprint density at radius 3 is 2.56 bits per heavy atom. The highest BCUT2D eigenvalue weighted by atomic mass is 32.1. The van der Waals surface area contributed by atoms with Crippen molar-refractivity contribution in [1.29, 1.82) is 0 Å². The summed E-state index contributed by atoms with van der Waals surface area (Å²) >= 11 is 1.23. The normalized spacial score (nSPS) is 10.4. The minimum Gasteiger partial charge on any atom is -0.350 e. The third-order valence-corrected chi connectivity index (χ3v) is 4.69. The summed E-state index contributed by atoms with van der Waals surface area (Å²) < 4.78 is 13.8. The Morgan fingerprint density at radius 2 is 1.85 bits per heavy atom. The first-order valence-corrected chi connectivity index (χ1v) is 9.26. The number of aromatic nitrogens is 1. The molecule has 1 heterocycles. The summed E-state index contributed by atoms with van der Waals surface area (Å²) in [6.45, 7) is 1.91. The highest BCUT2D eigenvalue weighted by Crippen LogP contribution is 2.26. The summed E-state index contributed by atoms with van der Waals surface area (Å²) in [5.74, 6) is -0.766. The Labute approximate surface area is 160 Å². The van der Waals surface area contributed by atoms with Crippen LogP contribution >= 0.6 is 11.3 Å². The number of carbonyl (C=O) groups is 2. The van der Waals surface area contributed by atoms with Crippen molar-refractivity contribution < 1.29 is 14.0 Å². The number of halogens is 1. The molecule has 2 aromatic carbocycles. The number of hydrogen-bond donors (Lipinski definition) is 2. The van der Waals surface area contributed by atoms with Gasteiger partial charge in [0.05, 0.1) is 0 Å². The highest BCUT2D eigenvalue weighted by Gasteiger charge is 2.13. The number of rotatable bonds is 6. The first kappa shape index (κ1) is 18.7. The molecule has 138 valence electrons. The van der Waals surface area contributed by atoms with Crippen LogP contribution in [-0.2, 0) is 11.2 Å². The fraction of sp³-hybridized carbons (Fsp3) is 0.150. The van der Waals surface area contributed by atoms with E-state index in [9.17, 15) is 14.0 Å². The topological polar surface area (TPSA) is 71.1 Å². The van der Waals surface area contributed by atoms with Gasteiger partial charge >= 0.3 is 0 Å². The van der Waals surface area contributed by atoms with Crippen molar-refractivity contribution in [3.05, 3.63) is 71.0 Å². The summed E-state index contributed by atoms with van der Waals surface area (Å²) in [6.07, 6.45) is 0.649. The molecule has 1 aromatic heterocycles. The molecule has 5 nitrogen and oxygen atoms in total. The Bertz CT molecular complexity index is 954. The van der Waals surface area contributed by atoms with Gasteiger partial charge in [-0.05, 0) is 36.2 Å². The molecular formula is C20H18FN3O2S. The van der Waals surface area contributed by atoms with E-state index in [1.165, 1.54) is 24.3 Å². The largest absolute Gasteiger partial charge is 0.350 e. The quantitative estimate of drug-likeness (QED) is 0.679. The number of hydrogen-bond acceptors (Lipinski definition) is 4. The van der Waals surface area contributed by atoms with Crippen LogP contribution in [0.1, 0.15) is 23.0 Å². The SMILES string of the molecule is CC(=O)Nc1ccc(CCNC(=O)c2csc(-c3ccccc3F)n2)cc1. The van der Waals surface area contributed by atoms with Gasteiger partial charge in [0.25, 0.3) is 5.91 Å². The number of benzene rings is 2. The van der Waals surface area contributed by atoms with Gasteiger partial charge in [-0.1, -0.05) is 24.3 Å². The Hall–Kier alpha value is -3.06. The molecule has 3 aromatic rings. The second-order valence-corrected chi connectivity index (χ2v) is 6.76. The van der Waals surface area contributed by atoms with Crippen molar-refractivity contribution >= 4 is 28.8 Å². The van der Waals surface area contributed by atoms with E-state index in [-0.39, 0.29) is 23.3 Å². The lowest BCUT2D eigenvalue weighted by molar-refractivity contribution is -0.114. The molecule has 3 rings (SSSR count). The maximum absolute atomic E-state index is 13.8. The van der Waals surface area contributed by atoms with Crippen molar-refractivity contribution in [3.8, 4) is 10.6 Å². The van der Waals surface area contributed by atoms with E-state index in [2.05, 4.69) is 15.6 Å². The summed E-state index contributed by atoms with van der Waals surface area (Å²) in [5.41, 5.74) is 2.44. The summed E-state index contributed by atoms with van der Waals surface area (Å²) in [4.78, 5) is 27.5. The van der Waals surface area contributed by atoms with Crippen molar-refractivity contribution in [2.24, 2.45) is 0 Å². The zero-order chi connectivity index (χ0) is 19.2. The lowest BCUT2D eigenvalue weighted by atomic mass is 10.1. The van der Waals surface area contributed by atoms with Crippen molar-refractivity contribution in [2.75, 3.05) is 11.9 Å².